The van der Waals surface area contributed by atoms with E-state index in [-0.39, 0.29) is 6.07 Å². The van der Waals surface area contributed by atoms with Gasteiger partial charge in [-0.15, -0.1) is 13.2 Å². The zero-order chi connectivity index (χ0) is 15.7. The van der Waals surface area contributed by atoms with Gasteiger partial charge in [0.1, 0.15) is 0 Å². The molecule has 11 heteroatoms. The molecule has 0 unspecified atom stereocenters. The lowest BCUT2D eigenvalue weighted by atomic mass is 10.1. The van der Waals surface area contributed by atoms with E-state index >= 15 is 0 Å². The highest BCUT2D eigenvalue weighted by atomic mass is 19.4. The van der Waals surface area contributed by atoms with Crippen molar-refractivity contribution >= 4 is 0 Å². The van der Waals surface area contributed by atoms with E-state index in [9.17, 15) is 35.1 Å². The van der Waals surface area contributed by atoms with Gasteiger partial charge >= 0.3 is 12.5 Å². The van der Waals surface area contributed by atoms with Gasteiger partial charge in [0.05, 0.1) is 16.8 Å². The Kier molecular flexibility index (Phi) is 4.42. The van der Waals surface area contributed by atoms with E-state index in [1.54, 1.807) is 0 Å². The van der Waals surface area contributed by atoms with Crippen LogP contribution >= 0.6 is 0 Å². The predicted molar refractivity (Wildman–Crippen MR) is 48.8 cm³/mol. The lowest BCUT2D eigenvalue weighted by molar-refractivity contribution is -0.276. The first kappa shape index (κ1) is 16.4. The number of pyridine rings is 1. The standard InChI is InChI=1S/C9H6F8N2O/c10-7(11)6-3(8(12,13)14)1-5(19-4(6)2-18)20-9(15,16)17/h1,7H,2,18H2. The Hall–Kier alpha value is -1.65. The average Bonchev–Trinajstić information content (AvgIpc) is 2.23. The minimum absolute atomic E-state index is 0.242. The van der Waals surface area contributed by atoms with E-state index in [1.165, 1.54) is 0 Å². The molecule has 1 rings (SSSR count). The number of halogens is 8. The Balaban J connectivity index is 3.48. The molecule has 0 aliphatic rings. The predicted octanol–water partition coefficient (Wildman–Crippen LogP) is 3.40. The average molecular weight is 310 g/mol. The van der Waals surface area contributed by atoms with Gasteiger partial charge in [-0.2, -0.15) is 13.2 Å². The molecule has 1 heterocycles. The molecule has 3 nitrogen and oxygen atoms in total. The maximum atomic E-state index is 12.6. The summed E-state index contributed by atoms with van der Waals surface area (Å²) in [4.78, 5) is 2.92. The monoisotopic (exact) mass is 310 g/mol. The van der Waals surface area contributed by atoms with Crippen molar-refractivity contribution in [1.82, 2.24) is 4.98 Å². The van der Waals surface area contributed by atoms with Gasteiger partial charge < -0.3 is 10.5 Å². The highest BCUT2D eigenvalue weighted by Gasteiger charge is 2.40. The SMILES string of the molecule is NCc1nc(OC(F)(F)F)cc(C(F)(F)F)c1C(F)F. The smallest absolute Gasteiger partial charge is 0.388 e. The van der Waals surface area contributed by atoms with Gasteiger partial charge in [0.15, 0.2) is 0 Å². The van der Waals surface area contributed by atoms with Crippen molar-refractivity contribution in [2.24, 2.45) is 5.73 Å². The second kappa shape index (κ2) is 5.38. The first-order chi connectivity index (χ1) is 8.95. The molecule has 0 aliphatic heterocycles. The summed E-state index contributed by atoms with van der Waals surface area (Å²) in [6.45, 7) is -0.905. The van der Waals surface area contributed by atoms with E-state index in [0.29, 0.717) is 0 Å². The molecule has 0 aliphatic carbocycles. The first-order valence-corrected chi connectivity index (χ1v) is 4.80. The zero-order valence-corrected chi connectivity index (χ0v) is 9.32. The van der Waals surface area contributed by atoms with Crippen molar-refractivity contribution in [3.63, 3.8) is 0 Å². The Morgan fingerprint density at radius 2 is 1.70 bits per heavy atom. The minimum Gasteiger partial charge on any atom is -0.388 e. The van der Waals surface area contributed by atoms with Crippen molar-refractivity contribution in [2.45, 2.75) is 25.5 Å². The third kappa shape index (κ3) is 3.92. The fraction of sp³-hybridized carbons (Fsp3) is 0.444. The maximum Gasteiger partial charge on any atom is 0.574 e. The van der Waals surface area contributed by atoms with Crippen LogP contribution in [0.1, 0.15) is 23.2 Å². The Morgan fingerprint density at radius 3 is 2.05 bits per heavy atom. The van der Waals surface area contributed by atoms with Gasteiger partial charge in [-0.25, -0.2) is 13.8 Å². The quantitative estimate of drug-likeness (QED) is 0.871. The Labute approximate surface area is 106 Å². The van der Waals surface area contributed by atoms with Crippen LogP contribution in [0.4, 0.5) is 35.1 Å². The summed E-state index contributed by atoms with van der Waals surface area (Å²) in [6, 6.07) is -0.242. The molecule has 0 bridgehead atoms. The molecule has 0 spiro atoms. The molecular formula is C9H6F8N2O. The molecule has 1 aromatic heterocycles. The molecular weight excluding hydrogens is 304 g/mol. The van der Waals surface area contributed by atoms with E-state index in [2.05, 4.69) is 9.72 Å². The van der Waals surface area contributed by atoms with Crippen LogP contribution in [-0.4, -0.2) is 11.3 Å². The molecule has 20 heavy (non-hydrogen) atoms. The van der Waals surface area contributed by atoms with Crippen molar-refractivity contribution in [1.29, 1.82) is 0 Å². The lowest BCUT2D eigenvalue weighted by Crippen LogP contribution is -2.21. The first-order valence-electron chi connectivity index (χ1n) is 4.80. The topological polar surface area (TPSA) is 48.1 Å². The highest BCUT2D eigenvalue weighted by Crippen LogP contribution is 2.39. The third-order valence-corrected chi connectivity index (χ3v) is 2.05. The van der Waals surface area contributed by atoms with Gasteiger partial charge in [0.25, 0.3) is 6.43 Å². The molecule has 2 N–H and O–H groups in total. The number of rotatable bonds is 3. The van der Waals surface area contributed by atoms with Crippen LogP contribution in [0.25, 0.3) is 0 Å². The van der Waals surface area contributed by atoms with Crippen LogP contribution in [0.2, 0.25) is 0 Å². The lowest BCUT2D eigenvalue weighted by Gasteiger charge is -2.17. The van der Waals surface area contributed by atoms with Crippen molar-refractivity contribution < 1.29 is 39.9 Å². The van der Waals surface area contributed by atoms with Gasteiger partial charge in [0, 0.05) is 12.6 Å². The molecule has 0 atom stereocenters. The highest BCUT2D eigenvalue weighted by molar-refractivity contribution is 5.38. The second-order valence-electron chi connectivity index (χ2n) is 3.42. The summed E-state index contributed by atoms with van der Waals surface area (Å²) in [6.07, 6.45) is -14.2. The summed E-state index contributed by atoms with van der Waals surface area (Å²) in [7, 11) is 0. The number of nitrogens with two attached hydrogens (primary N) is 1. The number of ether oxygens (including phenoxy) is 1. The normalized spacial score (nSPS) is 12.9. The van der Waals surface area contributed by atoms with Gasteiger partial charge in [-0.1, -0.05) is 0 Å². The number of alkyl halides is 8. The molecule has 1 aromatic rings. The summed E-state index contributed by atoms with van der Waals surface area (Å²) in [5, 5.41) is 0. The summed E-state index contributed by atoms with van der Waals surface area (Å²) < 4.78 is 102. The van der Waals surface area contributed by atoms with E-state index in [0.717, 1.165) is 0 Å². The third-order valence-electron chi connectivity index (χ3n) is 2.05. The van der Waals surface area contributed by atoms with Crippen LogP contribution in [0, 0.1) is 0 Å². The maximum absolute atomic E-state index is 12.6. The van der Waals surface area contributed by atoms with E-state index in [4.69, 9.17) is 5.73 Å². The van der Waals surface area contributed by atoms with Gasteiger partial charge in [0.2, 0.25) is 5.88 Å². The molecule has 0 fully saturated rings. The second-order valence-corrected chi connectivity index (χ2v) is 3.42. The van der Waals surface area contributed by atoms with Crippen LogP contribution in [0.3, 0.4) is 0 Å². The number of hydrogen-bond donors (Lipinski definition) is 1. The van der Waals surface area contributed by atoms with Crippen LogP contribution in [-0.2, 0) is 12.7 Å². The van der Waals surface area contributed by atoms with Crippen molar-refractivity contribution in [3.05, 3.63) is 22.9 Å². The van der Waals surface area contributed by atoms with E-state index in [1.807, 2.05) is 0 Å². The number of aromatic nitrogens is 1. The fourth-order valence-corrected chi connectivity index (χ4v) is 1.39. The molecule has 0 radical (unpaired) electrons. The molecule has 0 saturated heterocycles. The minimum atomic E-state index is -5.31. The van der Waals surface area contributed by atoms with Crippen LogP contribution < -0.4 is 10.5 Å². The molecule has 0 saturated carbocycles. The Morgan fingerprint density at radius 1 is 1.15 bits per heavy atom. The van der Waals surface area contributed by atoms with Gasteiger partial charge in [-0.05, 0) is 0 Å². The fourth-order valence-electron chi connectivity index (χ4n) is 1.39. The van der Waals surface area contributed by atoms with Gasteiger partial charge in [-0.3, -0.25) is 0 Å². The largest absolute Gasteiger partial charge is 0.574 e. The van der Waals surface area contributed by atoms with Crippen LogP contribution in [0.15, 0.2) is 6.07 Å². The molecule has 0 aromatic carbocycles. The van der Waals surface area contributed by atoms with Crippen molar-refractivity contribution in [3.8, 4) is 5.88 Å². The van der Waals surface area contributed by atoms with Crippen molar-refractivity contribution in [2.75, 3.05) is 0 Å². The summed E-state index contributed by atoms with van der Waals surface area (Å²) >= 11 is 0. The zero-order valence-electron chi connectivity index (χ0n) is 9.32. The number of hydrogen-bond acceptors (Lipinski definition) is 3. The Bertz CT molecular complexity index is 482. The molecule has 0 amide bonds. The summed E-state index contributed by atoms with van der Waals surface area (Å²) in [5.74, 6) is -1.50. The number of nitrogens with zero attached hydrogens (tertiary/aromatic N) is 1. The molecule has 114 valence electrons. The van der Waals surface area contributed by atoms with E-state index < -0.39 is 48.2 Å². The summed E-state index contributed by atoms with van der Waals surface area (Å²) in [5.41, 5.74) is 0.383. The van der Waals surface area contributed by atoms with Crippen LogP contribution in [0.5, 0.6) is 5.88 Å².